The van der Waals surface area contributed by atoms with Crippen molar-refractivity contribution in [3.8, 4) is 5.75 Å². The molecule has 4 N–H and O–H groups in total. The molecule has 98 valence electrons. The number of aromatic hydroxyl groups is 1. The highest BCUT2D eigenvalue weighted by Crippen LogP contribution is 2.22. The van der Waals surface area contributed by atoms with Gasteiger partial charge >= 0.3 is 0 Å². The molecule has 19 heavy (non-hydrogen) atoms. The monoisotopic (exact) mass is 260 g/mol. The van der Waals surface area contributed by atoms with Gasteiger partial charge in [-0.25, -0.2) is 4.39 Å². The van der Waals surface area contributed by atoms with Gasteiger partial charge in [0.05, 0.1) is 5.56 Å². The Morgan fingerprint density at radius 2 is 2.00 bits per heavy atom. The molecule has 0 saturated carbocycles. The molecule has 0 atom stereocenters. The lowest BCUT2D eigenvalue weighted by Gasteiger charge is -2.10. The molecule has 4 nitrogen and oxygen atoms in total. The quantitative estimate of drug-likeness (QED) is 0.727. The van der Waals surface area contributed by atoms with Crippen LogP contribution in [0.2, 0.25) is 0 Å². The number of carbonyl (C=O) groups is 1. The molecule has 0 unspecified atom stereocenters. The van der Waals surface area contributed by atoms with E-state index in [-0.39, 0.29) is 5.56 Å². The number of carbonyl (C=O) groups excluding carboxylic acids is 1. The van der Waals surface area contributed by atoms with Gasteiger partial charge in [0.2, 0.25) is 0 Å². The van der Waals surface area contributed by atoms with Crippen molar-refractivity contribution in [2.24, 2.45) is 0 Å². The van der Waals surface area contributed by atoms with E-state index < -0.39 is 17.5 Å². The zero-order valence-corrected chi connectivity index (χ0v) is 10.3. The molecule has 2 aromatic carbocycles. The zero-order valence-electron chi connectivity index (χ0n) is 10.3. The highest BCUT2D eigenvalue weighted by atomic mass is 19.1. The summed E-state index contributed by atoms with van der Waals surface area (Å²) in [5.74, 6) is -1.51. The molecule has 0 radical (unpaired) electrons. The summed E-state index contributed by atoms with van der Waals surface area (Å²) in [6.07, 6.45) is 0. The van der Waals surface area contributed by atoms with Gasteiger partial charge < -0.3 is 16.2 Å². The first-order chi connectivity index (χ1) is 8.97. The van der Waals surface area contributed by atoms with Crippen LogP contribution in [0.5, 0.6) is 5.75 Å². The third kappa shape index (κ3) is 2.82. The lowest BCUT2D eigenvalue weighted by Crippen LogP contribution is -2.13. The van der Waals surface area contributed by atoms with E-state index in [9.17, 15) is 14.3 Å². The van der Waals surface area contributed by atoms with E-state index in [1.54, 1.807) is 25.1 Å². The maximum absolute atomic E-state index is 12.8. The Kier molecular flexibility index (Phi) is 3.37. The minimum atomic E-state index is -0.599. The van der Waals surface area contributed by atoms with E-state index in [1.165, 1.54) is 6.07 Å². The number of rotatable bonds is 2. The number of phenols is 1. The van der Waals surface area contributed by atoms with Crippen molar-refractivity contribution < 1.29 is 14.3 Å². The van der Waals surface area contributed by atoms with Crippen LogP contribution in [0.25, 0.3) is 0 Å². The van der Waals surface area contributed by atoms with Crippen molar-refractivity contribution in [3.05, 3.63) is 53.3 Å². The number of hydrogen-bond donors (Lipinski definition) is 3. The van der Waals surface area contributed by atoms with Crippen LogP contribution >= 0.6 is 0 Å². The normalized spacial score (nSPS) is 10.2. The molecule has 0 fully saturated rings. The molecule has 0 aliphatic heterocycles. The number of anilines is 2. The number of hydrogen-bond acceptors (Lipinski definition) is 3. The summed E-state index contributed by atoms with van der Waals surface area (Å²) in [6, 6.07) is 8.29. The average molecular weight is 260 g/mol. The summed E-state index contributed by atoms with van der Waals surface area (Å²) >= 11 is 0. The second-order valence-electron chi connectivity index (χ2n) is 4.19. The Balaban J connectivity index is 2.25. The van der Waals surface area contributed by atoms with Gasteiger partial charge in [0, 0.05) is 17.4 Å². The average Bonchev–Trinajstić information content (AvgIpc) is 2.32. The van der Waals surface area contributed by atoms with E-state index in [0.29, 0.717) is 11.4 Å². The Labute approximate surface area is 109 Å². The molecule has 0 saturated heterocycles. The number of benzene rings is 2. The highest BCUT2D eigenvalue weighted by molar-refractivity contribution is 6.06. The van der Waals surface area contributed by atoms with Crippen LogP contribution in [0.4, 0.5) is 15.8 Å². The number of nitrogens with two attached hydrogens (primary N) is 1. The topological polar surface area (TPSA) is 75.3 Å². The molecule has 0 bridgehead atoms. The molecule has 0 heterocycles. The summed E-state index contributed by atoms with van der Waals surface area (Å²) in [5, 5.41) is 12.2. The lowest BCUT2D eigenvalue weighted by molar-refractivity contribution is 0.102. The number of nitrogen functional groups attached to an aromatic ring is 1. The largest absolute Gasteiger partial charge is 0.507 e. The minimum absolute atomic E-state index is 0.0117. The van der Waals surface area contributed by atoms with Crippen LogP contribution in [0, 0.1) is 12.7 Å². The minimum Gasteiger partial charge on any atom is -0.507 e. The first-order valence-corrected chi connectivity index (χ1v) is 5.63. The second-order valence-corrected chi connectivity index (χ2v) is 4.19. The third-order valence-electron chi connectivity index (χ3n) is 2.70. The van der Waals surface area contributed by atoms with E-state index >= 15 is 0 Å². The number of nitrogens with one attached hydrogen (secondary N) is 1. The van der Waals surface area contributed by atoms with E-state index in [0.717, 1.165) is 17.7 Å². The molecule has 0 aliphatic carbocycles. The standard InChI is InChI=1S/C14H13FN2O2/c1-8-6-10(16)3-5-12(8)17-14(19)11-4-2-9(15)7-13(11)18/h2-7,18H,16H2,1H3,(H,17,19). The molecule has 1 amide bonds. The predicted octanol–water partition coefficient (Wildman–Crippen LogP) is 2.67. The molecule has 0 aromatic heterocycles. The van der Waals surface area contributed by atoms with Crippen molar-refractivity contribution in [3.63, 3.8) is 0 Å². The number of halogens is 1. The van der Waals surface area contributed by atoms with Gasteiger partial charge in [0.1, 0.15) is 11.6 Å². The highest BCUT2D eigenvalue weighted by Gasteiger charge is 2.12. The van der Waals surface area contributed by atoms with Crippen LogP contribution in [-0.4, -0.2) is 11.0 Å². The van der Waals surface area contributed by atoms with Gasteiger partial charge in [0.25, 0.3) is 5.91 Å². The van der Waals surface area contributed by atoms with Crippen LogP contribution in [0.3, 0.4) is 0 Å². The lowest BCUT2D eigenvalue weighted by atomic mass is 10.1. The summed E-state index contributed by atoms with van der Waals surface area (Å²) < 4.78 is 12.8. The maximum atomic E-state index is 12.8. The van der Waals surface area contributed by atoms with E-state index in [2.05, 4.69) is 5.32 Å². The third-order valence-corrected chi connectivity index (χ3v) is 2.70. The van der Waals surface area contributed by atoms with E-state index in [1.807, 2.05) is 0 Å². The fraction of sp³-hybridized carbons (Fsp3) is 0.0714. The summed E-state index contributed by atoms with van der Waals surface area (Å²) in [4.78, 5) is 12.0. The smallest absolute Gasteiger partial charge is 0.259 e. The van der Waals surface area contributed by atoms with Gasteiger partial charge in [0.15, 0.2) is 0 Å². The molecule has 2 aromatic rings. The van der Waals surface area contributed by atoms with Crippen molar-refractivity contribution in [2.45, 2.75) is 6.92 Å². The molecule has 2 rings (SSSR count). The van der Waals surface area contributed by atoms with Crippen molar-refractivity contribution in [1.82, 2.24) is 0 Å². The Morgan fingerprint density at radius 1 is 1.26 bits per heavy atom. The Bertz CT molecular complexity index is 641. The summed E-state index contributed by atoms with van der Waals surface area (Å²) in [7, 11) is 0. The number of phenolic OH excluding ortho intramolecular Hbond substituents is 1. The first-order valence-electron chi connectivity index (χ1n) is 5.63. The summed E-state index contributed by atoms with van der Waals surface area (Å²) in [6.45, 7) is 1.80. The second kappa shape index (κ2) is 4.97. The van der Waals surface area contributed by atoms with Gasteiger partial charge in [-0.3, -0.25) is 4.79 Å². The van der Waals surface area contributed by atoms with Gasteiger partial charge in [-0.1, -0.05) is 0 Å². The van der Waals surface area contributed by atoms with Crippen LogP contribution < -0.4 is 11.1 Å². The van der Waals surface area contributed by atoms with Crippen molar-refractivity contribution in [2.75, 3.05) is 11.1 Å². The van der Waals surface area contributed by atoms with Crippen LogP contribution in [0.15, 0.2) is 36.4 Å². The number of amides is 1. The molecule has 0 spiro atoms. The van der Waals surface area contributed by atoms with Crippen LogP contribution in [0.1, 0.15) is 15.9 Å². The van der Waals surface area contributed by atoms with Gasteiger partial charge in [-0.15, -0.1) is 0 Å². The van der Waals surface area contributed by atoms with E-state index in [4.69, 9.17) is 5.73 Å². The Hall–Kier alpha value is -2.56. The first kappa shape index (κ1) is 12.9. The fourth-order valence-electron chi connectivity index (χ4n) is 1.71. The fourth-order valence-corrected chi connectivity index (χ4v) is 1.71. The van der Waals surface area contributed by atoms with Crippen LogP contribution in [-0.2, 0) is 0 Å². The molecule has 0 aliphatic rings. The van der Waals surface area contributed by atoms with Gasteiger partial charge in [-0.05, 0) is 42.8 Å². The van der Waals surface area contributed by atoms with Gasteiger partial charge in [-0.2, -0.15) is 0 Å². The SMILES string of the molecule is Cc1cc(N)ccc1NC(=O)c1ccc(F)cc1O. The maximum Gasteiger partial charge on any atom is 0.259 e. The molecular weight excluding hydrogens is 247 g/mol. The predicted molar refractivity (Wildman–Crippen MR) is 71.6 cm³/mol. The van der Waals surface area contributed by atoms with Crippen molar-refractivity contribution in [1.29, 1.82) is 0 Å². The van der Waals surface area contributed by atoms with Crippen molar-refractivity contribution >= 4 is 17.3 Å². The zero-order chi connectivity index (χ0) is 14.0. The Morgan fingerprint density at radius 3 is 2.63 bits per heavy atom. The molecule has 5 heteroatoms. The molecular formula is C14H13FN2O2. The summed E-state index contributed by atoms with van der Waals surface area (Å²) in [5.41, 5.74) is 7.61. The number of aryl methyl sites for hydroxylation is 1.